The number of ether oxygens (including phenoxy) is 2. The van der Waals surface area contributed by atoms with E-state index in [1.165, 1.54) is 6.42 Å². The second-order valence-corrected chi connectivity index (χ2v) is 4.95. The van der Waals surface area contributed by atoms with Gasteiger partial charge in [0.15, 0.2) is 6.10 Å². The summed E-state index contributed by atoms with van der Waals surface area (Å²) in [6, 6.07) is 7.71. The highest BCUT2D eigenvalue weighted by Gasteiger charge is 2.20. The van der Waals surface area contributed by atoms with Crippen LogP contribution in [0.25, 0.3) is 0 Å². The highest BCUT2D eigenvalue weighted by Crippen LogP contribution is 2.19. The van der Waals surface area contributed by atoms with Gasteiger partial charge in [-0.2, -0.15) is 0 Å². The van der Waals surface area contributed by atoms with Crippen molar-refractivity contribution < 1.29 is 14.3 Å². The number of nitrogens with one attached hydrogen (secondary N) is 1. The quantitative estimate of drug-likeness (QED) is 0.410. The van der Waals surface area contributed by atoms with E-state index < -0.39 is 6.10 Å². The molecule has 1 aromatic rings. The molecule has 1 aromatic carbocycles. The van der Waals surface area contributed by atoms with E-state index in [1.807, 2.05) is 58.9 Å². The molecule has 0 radical (unpaired) electrons. The Bertz CT molecular complexity index is 404. The lowest BCUT2D eigenvalue weighted by Gasteiger charge is -2.17. The lowest BCUT2D eigenvalue weighted by Crippen LogP contribution is -2.29. The van der Waals surface area contributed by atoms with Crippen LogP contribution in [0.3, 0.4) is 0 Å². The van der Waals surface area contributed by atoms with Gasteiger partial charge in [0.05, 0.1) is 6.61 Å². The molecule has 0 aliphatic rings. The van der Waals surface area contributed by atoms with Crippen molar-refractivity contribution in [3.63, 3.8) is 0 Å². The van der Waals surface area contributed by atoms with E-state index in [-0.39, 0.29) is 5.97 Å². The summed E-state index contributed by atoms with van der Waals surface area (Å²) >= 11 is 0. The van der Waals surface area contributed by atoms with Crippen LogP contribution in [-0.4, -0.2) is 25.2 Å². The van der Waals surface area contributed by atoms with Crippen LogP contribution in [-0.2, 0) is 9.53 Å². The number of hydrogen-bond donors (Lipinski definition) is 1. The Morgan fingerprint density at radius 3 is 2.08 bits per heavy atom. The molecule has 0 heterocycles. The molecular formula is C21H39NO3. The normalized spacial score (nSPS) is 10.4. The number of rotatable bonds is 10. The fourth-order valence-corrected chi connectivity index (χ4v) is 1.95. The summed E-state index contributed by atoms with van der Waals surface area (Å²) < 4.78 is 10.8. The van der Waals surface area contributed by atoms with E-state index >= 15 is 0 Å². The Labute approximate surface area is 155 Å². The molecule has 0 spiro atoms. The molecule has 0 bridgehead atoms. The maximum absolute atomic E-state index is 11.8. The largest absolute Gasteiger partial charge is 0.479 e. The van der Waals surface area contributed by atoms with Gasteiger partial charge in [0, 0.05) is 12.2 Å². The molecule has 146 valence electrons. The van der Waals surface area contributed by atoms with Crippen molar-refractivity contribution in [3.8, 4) is 5.75 Å². The second kappa shape index (κ2) is 18.6. The summed E-state index contributed by atoms with van der Waals surface area (Å²) in [7, 11) is 0. The molecule has 0 amide bonds. The van der Waals surface area contributed by atoms with Crippen molar-refractivity contribution in [1.29, 1.82) is 0 Å². The molecule has 0 saturated carbocycles. The molecule has 1 rings (SSSR count). The molecule has 1 atom stereocenters. The van der Waals surface area contributed by atoms with Crippen LogP contribution in [0, 0.1) is 0 Å². The molecule has 25 heavy (non-hydrogen) atoms. The van der Waals surface area contributed by atoms with Crippen molar-refractivity contribution in [3.05, 3.63) is 24.3 Å². The molecule has 0 aliphatic heterocycles. The van der Waals surface area contributed by atoms with Crippen molar-refractivity contribution >= 4 is 11.7 Å². The van der Waals surface area contributed by atoms with Crippen LogP contribution in [0.5, 0.6) is 5.75 Å². The molecule has 1 unspecified atom stereocenters. The highest BCUT2D eigenvalue weighted by molar-refractivity contribution is 5.75. The topological polar surface area (TPSA) is 47.6 Å². The summed E-state index contributed by atoms with van der Waals surface area (Å²) in [5.74, 6) is 0.409. The maximum Gasteiger partial charge on any atom is 0.347 e. The van der Waals surface area contributed by atoms with Gasteiger partial charge in [0.2, 0.25) is 0 Å². The maximum atomic E-state index is 11.8. The number of unbranched alkanes of at least 4 members (excludes halogenated alkanes) is 1. The molecule has 0 saturated heterocycles. The van der Waals surface area contributed by atoms with Gasteiger partial charge in [-0.15, -0.1) is 0 Å². The van der Waals surface area contributed by atoms with Gasteiger partial charge in [-0.25, -0.2) is 4.79 Å². The first-order valence-electron chi connectivity index (χ1n) is 9.88. The van der Waals surface area contributed by atoms with Gasteiger partial charge in [-0.05, 0) is 44.0 Å². The number of hydrogen-bond acceptors (Lipinski definition) is 4. The van der Waals surface area contributed by atoms with Gasteiger partial charge in [0.25, 0.3) is 0 Å². The molecule has 4 heteroatoms. The first kappa shape index (κ1) is 25.5. The van der Waals surface area contributed by atoms with Crippen molar-refractivity contribution in [2.75, 3.05) is 18.5 Å². The van der Waals surface area contributed by atoms with Crippen molar-refractivity contribution in [2.24, 2.45) is 0 Å². The standard InChI is InChI=1S/C17H27NO3.2C2H6/c1-4-7-13-18-14-9-11-15(12-10-14)21-16(8-5-2)17(19)20-6-3;2*1-2/h9-12,16,18H,4-8,13H2,1-3H3;2*1-2H3. The summed E-state index contributed by atoms with van der Waals surface area (Å²) in [5.41, 5.74) is 1.07. The van der Waals surface area contributed by atoms with Crippen LogP contribution in [0.15, 0.2) is 24.3 Å². The molecule has 0 aromatic heterocycles. The van der Waals surface area contributed by atoms with Crippen LogP contribution in [0.2, 0.25) is 0 Å². The van der Waals surface area contributed by atoms with E-state index in [0.717, 1.165) is 25.1 Å². The Kier molecular flexibility index (Phi) is 19.0. The van der Waals surface area contributed by atoms with Crippen LogP contribution >= 0.6 is 0 Å². The number of esters is 1. The fourth-order valence-electron chi connectivity index (χ4n) is 1.95. The van der Waals surface area contributed by atoms with Gasteiger partial charge in [-0.3, -0.25) is 0 Å². The minimum atomic E-state index is -0.520. The fraction of sp³-hybridized carbons (Fsp3) is 0.667. The third-order valence-corrected chi connectivity index (χ3v) is 3.09. The highest BCUT2D eigenvalue weighted by atomic mass is 16.6. The summed E-state index contributed by atoms with van der Waals surface area (Å²) in [5, 5.41) is 3.35. The lowest BCUT2D eigenvalue weighted by atomic mass is 10.2. The number of anilines is 1. The molecule has 1 N–H and O–H groups in total. The van der Waals surface area contributed by atoms with Crippen LogP contribution < -0.4 is 10.1 Å². The lowest BCUT2D eigenvalue weighted by molar-refractivity contribution is -0.151. The molecular weight excluding hydrogens is 314 g/mol. The van der Waals surface area contributed by atoms with E-state index in [2.05, 4.69) is 12.2 Å². The molecule has 0 fully saturated rings. The second-order valence-electron chi connectivity index (χ2n) is 4.95. The number of carbonyl (C=O) groups is 1. The van der Waals surface area contributed by atoms with Crippen molar-refractivity contribution in [2.45, 2.75) is 80.3 Å². The first-order chi connectivity index (χ1) is 12.2. The Balaban J connectivity index is 0. The summed E-state index contributed by atoms with van der Waals surface area (Å²) in [4.78, 5) is 11.8. The monoisotopic (exact) mass is 353 g/mol. The average Bonchev–Trinajstić information content (AvgIpc) is 2.66. The first-order valence-corrected chi connectivity index (χ1v) is 9.88. The SMILES string of the molecule is CC.CC.CCCCNc1ccc(OC(CCC)C(=O)OCC)cc1. The Hall–Kier alpha value is -1.71. The van der Waals surface area contributed by atoms with Gasteiger partial charge < -0.3 is 14.8 Å². The molecule has 0 aliphatic carbocycles. The molecule has 4 nitrogen and oxygen atoms in total. The van der Waals surface area contributed by atoms with E-state index in [9.17, 15) is 4.79 Å². The number of benzene rings is 1. The van der Waals surface area contributed by atoms with Gasteiger partial charge in [0.1, 0.15) is 5.75 Å². The summed E-state index contributed by atoms with van der Waals surface area (Å²) in [6.07, 6.45) is 3.34. The van der Waals surface area contributed by atoms with Crippen molar-refractivity contribution in [1.82, 2.24) is 0 Å². The van der Waals surface area contributed by atoms with Gasteiger partial charge in [-0.1, -0.05) is 54.4 Å². The zero-order valence-electron chi connectivity index (χ0n) is 17.4. The predicted molar refractivity (Wildman–Crippen MR) is 108 cm³/mol. The number of carbonyl (C=O) groups excluding carboxylic acids is 1. The van der Waals surface area contributed by atoms with Gasteiger partial charge >= 0.3 is 5.97 Å². The zero-order chi connectivity index (χ0) is 19.5. The Morgan fingerprint density at radius 1 is 1.00 bits per heavy atom. The smallest absolute Gasteiger partial charge is 0.347 e. The minimum absolute atomic E-state index is 0.288. The van der Waals surface area contributed by atoms with E-state index in [1.54, 1.807) is 6.92 Å². The van der Waals surface area contributed by atoms with E-state index in [0.29, 0.717) is 18.8 Å². The third kappa shape index (κ3) is 12.3. The zero-order valence-corrected chi connectivity index (χ0v) is 17.4. The minimum Gasteiger partial charge on any atom is -0.479 e. The predicted octanol–water partition coefficient (Wildman–Crippen LogP) is 6.06. The average molecular weight is 354 g/mol. The third-order valence-electron chi connectivity index (χ3n) is 3.09. The van der Waals surface area contributed by atoms with E-state index in [4.69, 9.17) is 9.47 Å². The summed E-state index contributed by atoms with van der Waals surface area (Å²) in [6.45, 7) is 15.3. The Morgan fingerprint density at radius 2 is 1.60 bits per heavy atom. The van der Waals surface area contributed by atoms with Crippen LogP contribution in [0.4, 0.5) is 5.69 Å². The van der Waals surface area contributed by atoms with Crippen LogP contribution in [0.1, 0.15) is 74.1 Å².